The molecule has 3 aliphatic rings. The van der Waals surface area contributed by atoms with Gasteiger partial charge in [0, 0.05) is 31.4 Å². The fourth-order valence-electron chi connectivity index (χ4n) is 3.76. The van der Waals surface area contributed by atoms with Crippen molar-refractivity contribution in [2.24, 2.45) is 16.5 Å². The van der Waals surface area contributed by atoms with E-state index in [2.05, 4.69) is 38.7 Å². The van der Waals surface area contributed by atoms with Gasteiger partial charge >= 0.3 is 6.03 Å². The highest BCUT2D eigenvalue weighted by molar-refractivity contribution is 8.77. The first kappa shape index (κ1) is 20.0. The number of carbonyl (C=O) groups excluding carboxylic acids is 1. The molecule has 1 aromatic carbocycles. The van der Waals surface area contributed by atoms with E-state index < -0.39 is 0 Å². The lowest BCUT2D eigenvalue weighted by Gasteiger charge is -2.29. The zero-order chi connectivity index (χ0) is 20.4. The second kappa shape index (κ2) is 8.60. The fourth-order valence-corrected chi connectivity index (χ4v) is 5.11. The minimum Gasteiger partial charge on any atom is -0.370 e. The van der Waals surface area contributed by atoms with E-state index >= 15 is 0 Å². The Balaban J connectivity index is 1.41. The summed E-state index contributed by atoms with van der Waals surface area (Å²) in [7, 11) is 3.32. The van der Waals surface area contributed by atoms with E-state index in [0.717, 1.165) is 42.3 Å². The zero-order valence-electron chi connectivity index (χ0n) is 16.2. The second-order valence-electron chi connectivity index (χ2n) is 7.18. The number of carbonyl (C=O) groups is 1. The highest BCUT2D eigenvalue weighted by atomic mass is 33.1. The van der Waals surface area contributed by atoms with Crippen molar-refractivity contribution >= 4 is 39.3 Å². The molecule has 0 radical (unpaired) electrons. The van der Waals surface area contributed by atoms with E-state index in [9.17, 15) is 4.79 Å². The first-order valence-corrected chi connectivity index (χ1v) is 12.0. The van der Waals surface area contributed by atoms with Gasteiger partial charge in [0.15, 0.2) is 5.96 Å². The summed E-state index contributed by atoms with van der Waals surface area (Å²) in [6, 6.07) is 8.15. The lowest BCUT2D eigenvalue weighted by atomic mass is 10.1. The number of rotatable bonds is 6. The Morgan fingerprint density at radius 3 is 2.79 bits per heavy atom. The maximum Gasteiger partial charge on any atom is 0.327 e. The highest BCUT2D eigenvalue weighted by Gasteiger charge is 2.31. The maximum atomic E-state index is 12.5. The number of guanidine groups is 1. The van der Waals surface area contributed by atoms with Crippen LogP contribution in [0.3, 0.4) is 0 Å². The smallest absolute Gasteiger partial charge is 0.327 e. The summed E-state index contributed by atoms with van der Waals surface area (Å²) in [5, 5.41) is 7.36. The number of nitrogens with one attached hydrogen (secondary N) is 2. The Morgan fingerprint density at radius 2 is 2.07 bits per heavy atom. The molecule has 154 valence electrons. The summed E-state index contributed by atoms with van der Waals surface area (Å²) in [4.78, 5) is 20.8. The summed E-state index contributed by atoms with van der Waals surface area (Å²) in [6.07, 6.45) is 6.82. The van der Waals surface area contributed by atoms with Crippen LogP contribution in [-0.2, 0) is 6.54 Å². The predicted molar refractivity (Wildman–Crippen MR) is 121 cm³/mol. The maximum absolute atomic E-state index is 12.5. The van der Waals surface area contributed by atoms with Crippen molar-refractivity contribution in [3.63, 3.8) is 0 Å². The molecule has 10 heteroatoms. The van der Waals surface area contributed by atoms with Gasteiger partial charge in [-0.1, -0.05) is 22.9 Å². The summed E-state index contributed by atoms with van der Waals surface area (Å²) in [6.45, 7) is 2.67. The zero-order valence-corrected chi connectivity index (χ0v) is 17.8. The van der Waals surface area contributed by atoms with Gasteiger partial charge in [0.25, 0.3) is 0 Å². The first-order chi connectivity index (χ1) is 14.0. The number of nitrogens with zero attached hydrogens (tertiary/aromatic N) is 3. The molecule has 0 aromatic heterocycles. The van der Waals surface area contributed by atoms with Crippen molar-refractivity contribution in [3.05, 3.63) is 52.7 Å². The number of anilines is 1. The van der Waals surface area contributed by atoms with Crippen molar-refractivity contribution in [1.82, 2.24) is 15.5 Å². The molecule has 2 amide bonds. The molecule has 2 atom stereocenters. The quantitative estimate of drug-likeness (QED) is 0.308. The van der Waals surface area contributed by atoms with E-state index in [1.165, 1.54) is 5.56 Å². The third kappa shape index (κ3) is 4.65. The molecule has 0 spiro atoms. The Labute approximate surface area is 178 Å². The molecule has 2 unspecified atom stereocenters. The van der Waals surface area contributed by atoms with Gasteiger partial charge in [-0.05, 0) is 47.2 Å². The second-order valence-corrected chi connectivity index (χ2v) is 9.62. The van der Waals surface area contributed by atoms with Gasteiger partial charge in [0.2, 0.25) is 0 Å². The molecule has 4 rings (SSSR count). The van der Waals surface area contributed by atoms with Crippen molar-refractivity contribution in [3.8, 4) is 0 Å². The Kier molecular flexibility index (Phi) is 5.93. The van der Waals surface area contributed by atoms with E-state index in [4.69, 9.17) is 11.5 Å². The van der Waals surface area contributed by atoms with Crippen molar-refractivity contribution in [2.75, 3.05) is 24.2 Å². The van der Waals surface area contributed by atoms with Crippen LogP contribution in [0.25, 0.3) is 0 Å². The summed E-state index contributed by atoms with van der Waals surface area (Å²) >= 11 is 0. The van der Waals surface area contributed by atoms with Crippen LogP contribution in [-0.4, -0.2) is 48.4 Å². The van der Waals surface area contributed by atoms with Crippen LogP contribution in [0.2, 0.25) is 0 Å². The minimum absolute atomic E-state index is 0.137. The molecule has 3 aliphatic heterocycles. The molecule has 0 aliphatic carbocycles. The molecule has 29 heavy (non-hydrogen) atoms. The standard InChI is InChI=1S/C19H25N7OS2/c1-28-29-16-8-13-10-26(19(27)24-17(13)23-16)15-4-2-12(3-5-15)9-25-7-6-14(11-25)22-18(20)21/h2-5,8,10,14,17,23H,6-7,9,11H2,1H3,(H,24,27)(H4,20,21,22). The van der Waals surface area contributed by atoms with Crippen molar-refractivity contribution < 1.29 is 4.79 Å². The summed E-state index contributed by atoms with van der Waals surface area (Å²) < 4.78 is 0. The van der Waals surface area contributed by atoms with Gasteiger partial charge in [-0.15, -0.1) is 0 Å². The number of urea groups is 1. The van der Waals surface area contributed by atoms with Gasteiger partial charge in [-0.2, -0.15) is 0 Å². The van der Waals surface area contributed by atoms with Gasteiger partial charge in [-0.3, -0.25) is 9.80 Å². The third-order valence-corrected chi connectivity index (χ3v) is 6.68. The largest absolute Gasteiger partial charge is 0.370 e. The van der Waals surface area contributed by atoms with E-state index in [-0.39, 0.29) is 24.2 Å². The van der Waals surface area contributed by atoms with Crippen LogP contribution < -0.4 is 27.0 Å². The van der Waals surface area contributed by atoms with Crippen LogP contribution >= 0.6 is 21.6 Å². The average molecular weight is 432 g/mol. The topological polar surface area (TPSA) is 112 Å². The molecule has 0 bridgehead atoms. The first-order valence-electron chi connectivity index (χ1n) is 9.42. The lowest BCUT2D eigenvalue weighted by molar-refractivity contribution is 0.244. The third-order valence-electron chi connectivity index (χ3n) is 5.06. The van der Waals surface area contributed by atoms with Gasteiger partial charge in [-0.25, -0.2) is 9.79 Å². The lowest BCUT2D eigenvalue weighted by Crippen LogP contribution is -2.51. The molecule has 6 N–H and O–H groups in total. The number of aliphatic imine (C=N–C) groups is 1. The Hall–Kier alpha value is -2.30. The minimum atomic E-state index is -0.152. The van der Waals surface area contributed by atoms with Crippen LogP contribution in [0.5, 0.6) is 0 Å². The summed E-state index contributed by atoms with van der Waals surface area (Å²) in [5.74, 6) is 0.156. The summed E-state index contributed by atoms with van der Waals surface area (Å²) in [5.41, 5.74) is 14.1. The number of benzene rings is 1. The monoisotopic (exact) mass is 431 g/mol. The number of fused-ring (bicyclic) bond motifs is 1. The molecule has 1 aromatic rings. The molecule has 8 nitrogen and oxygen atoms in total. The molecule has 1 saturated heterocycles. The van der Waals surface area contributed by atoms with Crippen LogP contribution in [0.4, 0.5) is 10.5 Å². The van der Waals surface area contributed by atoms with E-state index in [1.54, 1.807) is 26.5 Å². The SMILES string of the molecule is CSSC1=CC2=CN(c3ccc(CN4CCC(N=C(N)N)C4)cc3)C(=O)NC2N1. The molecule has 0 saturated carbocycles. The van der Waals surface area contributed by atoms with Gasteiger partial charge in [0.1, 0.15) is 6.17 Å². The number of likely N-dealkylation sites (tertiary alicyclic amines) is 1. The van der Waals surface area contributed by atoms with E-state index in [0.29, 0.717) is 0 Å². The Morgan fingerprint density at radius 1 is 1.28 bits per heavy atom. The molecular formula is C19H25N7OS2. The number of hydrogen-bond donors (Lipinski definition) is 4. The molecule has 3 heterocycles. The normalized spacial score (nSPS) is 23.8. The van der Waals surface area contributed by atoms with Gasteiger partial charge < -0.3 is 22.1 Å². The Bertz CT molecular complexity index is 864. The number of nitrogens with two attached hydrogens (primary N) is 2. The number of hydrogen-bond acceptors (Lipinski definition) is 6. The highest BCUT2D eigenvalue weighted by Crippen LogP contribution is 2.33. The average Bonchev–Trinajstić information content (AvgIpc) is 3.27. The number of amides is 2. The van der Waals surface area contributed by atoms with Crippen LogP contribution in [0, 0.1) is 0 Å². The van der Waals surface area contributed by atoms with Crippen LogP contribution in [0.15, 0.2) is 52.1 Å². The predicted octanol–water partition coefficient (Wildman–Crippen LogP) is 1.73. The van der Waals surface area contributed by atoms with Crippen LogP contribution in [0.1, 0.15) is 12.0 Å². The van der Waals surface area contributed by atoms with Crippen molar-refractivity contribution in [1.29, 1.82) is 0 Å². The fraction of sp³-hybridized carbons (Fsp3) is 0.368. The van der Waals surface area contributed by atoms with E-state index in [1.807, 2.05) is 24.6 Å². The molecular weight excluding hydrogens is 406 g/mol. The van der Waals surface area contributed by atoms with Gasteiger partial charge in [0.05, 0.1) is 16.8 Å². The molecule has 1 fully saturated rings. The van der Waals surface area contributed by atoms with Crippen molar-refractivity contribution in [2.45, 2.75) is 25.2 Å².